The van der Waals surface area contributed by atoms with Crippen molar-refractivity contribution in [3.63, 3.8) is 0 Å². The van der Waals surface area contributed by atoms with Gasteiger partial charge < -0.3 is 15.0 Å². The second-order valence-corrected chi connectivity index (χ2v) is 11.4. The van der Waals surface area contributed by atoms with E-state index in [9.17, 15) is 14.3 Å². The number of hydrogen-bond acceptors (Lipinski definition) is 5. The smallest absolute Gasteiger partial charge is 0.320 e. The summed E-state index contributed by atoms with van der Waals surface area (Å²) in [5.74, 6) is 0.0679. The molecule has 6 nitrogen and oxygen atoms in total. The van der Waals surface area contributed by atoms with Gasteiger partial charge >= 0.3 is 7.82 Å². The molecule has 0 aliphatic heterocycles. The molecule has 0 aliphatic carbocycles. The third-order valence-electron chi connectivity index (χ3n) is 6.34. The average molecular weight is 506 g/mol. The maximum absolute atomic E-state index is 12.0. The Morgan fingerprint density at radius 3 is 1.71 bits per heavy atom. The van der Waals surface area contributed by atoms with Crippen LogP contribution >= 0.6 is 7.82 Å². The van der Waals surface area contributed by atoms with Gasteiger partial charge in [-0.05, 0) is 39.3 Å². The lowest BCUT2D eigenvalue weighted by molar-refractivity contribution is -0.118. The van der Waals surface area contributed by atoms with Crippen LogP contribution in [0, 0.1) is 5.92 Å². The number of unbranched alkanes of at least 4 members (excludes halogenated alkanes) is 15. The molecular weight excluding hydrogens is 449 g/mol. The zero-order chi connectivity index (χ0) is 25.3. The molecule has 34 heavy (non-hydrogen) atoms. The number of carbonyl (C=O) groups excluding carboxylic acids is 1. The monoisotopic (exact) mass is 505 g/mol. The van der Waals surface area contributed by atoms with Crippen LogP contribution in [-0.4, -0.2) is 37.5 Å². The molecule has 0 aliphatic rings. The molecule has 0 spiro atoms. The van der Waals surface area contributed by atoms with Gasteiger partial charge in [-0.1, -0.05) is 110 Å². The summed E-state index contributed by atoms with van der Waals surface area (Å²) in [5.41, 5.74) is 0. The number of hydrogen-bond donors (Lipinski definition) is 2. The molecule has 0 bridgehead atoms. The summed E-state index contributed by atoms with van der Waals surface area (Å²) in [7, 11) is -2.23. The summed E-state index contributed by atoms with van der Waals surface area (Å²) in [4.78, 5) is 21.4. The first kappa shape index (κ1) is 33.7. The molecule has 2 N–H and O–H groups in total. The predicted molar refractivity (Wildman–Crippen MR) is 143 cm³/mol. The maximum Gasteiger partial charge on any atom is 0.472 e. The van der Waals surface area contributed by atoms with Gasteiger partial charge in [-0.15, -0.1) is 0 Å². The van der Waals surface area contributed by atoms with Crippen LogP contribution in [0.4, 0.5) is 0 Å². The second kappa shape index (κ2) is 24.4. The molecule has 0 fully saturated rings. The first-order valence-electron chi connectivity index (χ1n) is 14.2. The lowest BCUT2D eigenvalue weighted by Crippen LogP contribution is -2.14. The molecule has 0 aromatic heterocycles. The fourth-order valence-electron chi connectivity index (χ4n) is 4.30. The van der Waals surface area contributed by atoms with Gasteiger partial charge in [0, 0.05) is 6.42 Å². The van der Waals surface area contributed by atoms with Crippen molar-refractivity contribution in [2.45, 2.75) is 136 Å². The summed E-state index contributed by atoms with van der Waals surface area (Å²) in [6, 6.07) is 0. The normalized spacial score (nSPS) is 14.2. The van der Waals surface area contributed by atoms with Crippen molar-refractivity contribution >= 4 is 13.6 Å². The van der Waals surface area contributed by atoms with Crippen molar-refractivity contribution in [3.05, 3.63) is 0 Å². The largest absolute Gasteiger partial charge is 0.472 e. The maximum atomic E-state index is 12.0. The van der Waals surface area contributed by atoms with Crippen LogP contribution < -0.4 is 5.32 Å². The summed E-state index contributed by atoms with van der Waals surface area (Å²) >= 11 is 0. The summed E-state index contributed by atoms with van der Waals surface area (Å²) < 4.78 is 22.2. The van der Waals surface area contributed by atoms with Gasteiger partial charge in [0.05, 0.1) is 13.2 Å². The Balaban J connectivity index is 3.70. The van der Waals surface area contributed by atoms with E-state index in [2.05, 4.69) is 12.2 Å². The topological polar surface area (TPSA) is 84.9 Å². The molecule has 0 heterocycles. The SMILES string of the molecule is CCCCCCCCCCCCCCCCCCC(COP(=O)(O)OCCCNC)CC(C)=O. The molecule has 2 atom stereocenters. The van der Waals surface area contributed by atoms with Crippen molar-refractivity contribution in [2.75, 3.05) is 26.8 Å². The van der Waals surface area contributed by atoms with Gasteiger partial charge in [0.25, 0.3) is 0 Å². The minimum atomic E-state index is -4.05. The Kier molecular flexibility index (Phi) is 24.2. The first-order chi connectivity index (χ1) is 16.4. The Morgan fingerprint density at radius 1 is 0.794 bits per heavy atom. The van der Waals surface area contributed by atoms with Crippen LogP contribution in [-0.2, 0) is 18.4 Å². The zero-order valence-electron chi connectivity index (χ0n) is 22.7. The highest BCUT2D eigenvalue weighted by Gasteiger charge is 2.23. The molecule has 0 saturated carbocycles. The molecular formula is C27H56NO5P. The second-order valence-electron chi connectivity index (χ2n) is 9.92. The van der Waals surface area contributed by atoms with E-state index in [1.54, 1.807) is 6.92 Å². The third-order valence-corrected chi connectivity index (χ3v) is 7.33. The van der Waals surface area contributed by atoms with Gasteiger partial charge in [-0.3, -0.25) is 9.05 Å². The fraction of sp³-hybridized carbons (Fsp3) is 0.963. The first-order valence-corrected chi connectivity index (χ1v) is 15.7. The lowest BCUT2D eigenvalue weighted by Gasteiger charge is -2.18. The molecule has 0 aromatic rings. The molecule has 7 heteroatoms. The van der Waals surface area contributed by atoms with Gasteiger partial charge in [-0.25, -0.2) is 4.57 Å². The Morgan fingerprint density at radius 2 is 1.26 bits per heavy atom. The Bertz CT molecular complexity index is 503. The van der Waals surface area contributed by atoms with Crippen LogP contribution in [0.1, 0.15) is 136 Å². The van der Waals surface area contributed by atoms with E-state index in [1.165, 1.54) is 89.9 Å². The van der Waals surface area contributed by atoms with E-state index in [0.29, 0.717) is 19.4 Å². The van der Waals surface area contributed by atoms with Crippen molar-refractivity contribution in [3.8, 4) is 0 Å². The highest BCUT2D eigenvalue weighted by atomic mass is 31.2. The Labute approximate surface area is 211 Å². The van der Waals surface area contributed by atoms with Gasteiger partial charge in [0.1, 0.15) is 5.78 Å². The minimum Gasteiger partial charge on any atom is -0.320 e. The standard InChI is InChI=1S/C27H56NO5P/c1-4-5-6-7-8-9-10-11-12-13-14-15-16-17-18-19-21-27(24-26(2)29)25-33-34(30,31)32-23-20-22-28-3/h27-28H,4-25H2,1-3H3,(H,30,31). The van der Waals surface area contributed by atoms with Gasteiger partial charge in [0.2, 0.25) is 0 Å². The van der Waals surface area contributed by atoms with Crippen LogP contribution in [0.3, 0.4) is 0 Å². The fourth-order valence-corrected chi connectivity index (χ4v) is 5.13. The number of phosphoric ester groups is 1. The number of carbonyl (C=O) groups is 1. The molecule has 0 radical (unpaired) electrons. The lowest BCUT2D eigenvalue weighted by atomic mass is 9.96. The van der Waals surface area contributed by atoms with Gasteiger partial charge in [-0.2, -0.15) is 0 Å². The quantitative estimate of drug-likeness (QED) is 0.0869. The molecule has 0 saturated heterocycles. The average Bonchev–Trinajstić information content (AvgIpc) is 2.79. The van der Waals surface area contributed by atoms with Crippen LogP contribution in [0.25, 0.3) is 0 Å². The van der Waals surface area contributed by atoms with E-state index in [0.717, 1.165) is 19.3 Å². The van der Waals surface area contributed by atoms with E-state index in [4.69, 9.17) is 9.05 Å². The minimum absolute atomic E-state index is 0.0227. The molecule has 0 rings (SSSR count). The molecule has 204 valence electrons. The number of ketones is 1. The molecule has 0 amide bonds. The van der Waals surface area contributed by atoms with Gasteiger partial charge in [0.15, 0.2) is 0 Å². The number of Topliss-reactive ketones (excluding diaryl/α,β-unsaturated/α-hetero) is 1. The van der Waals surface area contributed by atoms with Crippen LogP contribution in [0.15, 0.2) is 0 Å². The number of nitrogens with one attached hydrogen (secondary N) is 1. The number of rotatable bonds is 27. The van der Waals surface area contributed by atoms with Crippen molar-refractivity contribution in [1.29, 1.82) is 0 Å². The number of phosphoric acid groups is 1. The van der Waals surface area contributed by atoms with Crippen LogP contribution in [0.5, 0.6) is 0 Å². The highest BCUT2D eigenvalue weighted by molar-refractivity contribution is 7.47. The van der Waals surface area contributed by atoms with E-state index in [-0.39, 0.29) is 24.9 Å². The van der Waals surface area contributed by atoms with Crippen molar-refractivity contribution in [2.24, 2.45) is 5.92 Å². The van der Waals surface area contributed by atoms with E-state index in [1.807, 2.05) is 7.05 Å². The van der Waals surface area contributed by atoms with E-state index < -0.39 is 7.82 Å². The highest BCUT2D eigenvalue weighted by Crippen LogP contribution is 2.44. The third kappa shape index (κ3) is 24.9. The van der Waals surface area contributed by atoms with Crippen LogP contribution in [0.2, 0.25) is 0 Å². The van der Waals surface area contributed by atoms with Crippen molar-refractivity contribution in [1.82, 2.24) is 5.32 Å². The van der Waals surface area contributed by atoms with E-state index >= 15 is 0 Å². The summed E-state index contributed by atoms with van der Waals surface area (Å²) in [6.07, 6.45) is 23.2. The molecule has 0 aromatic carbocycles. The summed E-state index contributed by atoms with van der Waals surface area (Å²) in [5, 5.41) is 2.96. The Hall–Kier alpha value is -0.260. The predicted octanol–water partition coefficient (Wildman–Crippen LogP) is 7.98. The molecule has 2 unspecified atom stereocenters. The van der Waals surface area contributed by atoms with Crippen molar-refractivity contribution < 1.29 is 23.3 Å². The summed E-state index contributed by atoms with van der Waals surface area (Å²) in [6.45, 7) is 4.82. The zero-order valence-corrected chi connectivity index (χ0v) is 23.6.